The van der Waals surface area contributed by atoms with Gasteiger partial charge >= 0.3 is 5.97 Å². The number of hydrogen-bond donors (Lipinski definition) is 1. The number of benzene rings is 2. The van der Waals surface area contributed by atoms with E-state index in [1.54, 1.807) is 30.3 Å². The van der Waals surface area contributed by atoms with Crippen molar-refractivity contribution in [2.45, 2.75) is 6.92 Å². The fourth-order valence-corrected chi connectivity index (χ4v) is 1.85. The number of carboxylic acid groups (broad SMARTS) is 1. The first-order valence-corrected chi connectivity index (χ1v) is 6.30. The average Bonchev–Trinajstić information content (AvgIpc) is 2.45. The lowest BCUT2D eigenvalue weighted by Crippen LogP contribution is -2.15. The molecule has 5 heteroatoms. The van der Waals surface area contributed by atoms with Gasteiger partial charge in [-0.2, -0.15) is 0 Å². The number of hydrogen-bond acceptors (Lipinski definition) is 4. The van der Waals surface area contributed by atoms with Gasteiger partial charge in [0.25, 0.3) is 0 Å². The molecule has 0 saturated heterocycles. The molecular weight excluding hydrogens is 270 g/mol. The topological polar surface area (TPSA) is 68.1 Å². The number of carboxylic acids is 1. The van der Waals surface area contributed by atoms with E-state index >= 15 is 0 Å². The van der Waals surface area contributed by atoms with Gasteiger partial charge in [-0.3, -0.25) is 0 Å². The summed E-state index contributed by atoms with van der Waals surface area (Å²) in [6.07, 6.45) is 0. The Balaban J connectivity index is 2.41. The van der Waals surface area contributed by atoms with Crippen LogP contribution in [0.1, 0.15) is 11.1 Å². The van der Waals surface area contributed by atoms with Crippen LogP contribution in [-0.2, 0) is 9.63 Å². The number of para-hydroxylation sites is 1. The minimum Gasteiger partial charge on any atom is -0.476 e. The minimum atomic E-state index is -1.18. The Morgan fingerprint density at radius 1 is 1.14 bits per heavy atom. The van der Waals surface area contributed by atoms with E-state index in [1.807, 2.05) is 25.1 Å². The second kappa shape index (κ2) is 6.56. The first kappa shape index (κ1) is 14.6. The molecule has 0 aliphatic heterocycles. The Morgan fingerprint density at radius 3 is 2.57 bits per heavy atom. The van der Waals surface area contributed by atoms with E-state index in [0.717, 1.165) is 5.56 Å². The molecule has 0 aliphatic carbocycles. The number of aryl methyl sites for hydroxylation is 1. The molecule has 0 unspecified atom stereocenters. The van der Waals surface area contributed by atoms with Gasteiger partial charge in [0.2, 0.25) is 0 Å². The molecule has 0 radical (unpaired) electrons. The average molecular weight is 285 g/mol. The van der Waals surface area contributed by atoms with Gasteiger partial charge < -0.3 is 14.7 Å². The van der Waals surface area contributed by atoms with Crippen molar-refractivity contribution in [1.29, 1.82) is 0 Å². The van der Waals surface area contributed by atoms with Gasteiger partial charge in [0.05, 0.1) is 5.56 Å². The standard InChI is InChI=1S/C16H15NO4/c1-11-6-5-7-12(10-11)21-14-9-4-3-8-13(14)15(16(18)19)17-20-2/h3-10H,1-2H3,(H,18,19)/b17-15-. The quantitative estimate of drug-likeness (QED) is 0.676. The molecular formula is C16H15NO4. The molecule has 2 rings (SSSR count). The molecule has 0 amide bonds. The van der Waals surface area contributed by atoms with Crippen LogP contribution in [0, 0.1) is 6.92 Å². The van der Waals surface area contributed by atoms with Crippen LogP contribution >= 0.6 is 0 Å². The molecule has 2 aromatic carbocycles. The van der Waals surface area contributed by atoms with Crippen molar-refractivity contribution in [2.24, 2.45) is 5.16 Å². The van der Waals surface area contributed by atoms with Crippen molar-refractivity contribution in [3.8, 4) is 11.5 Å². The van der Waals surface area contributed by atoms with Gasteiger partial charge in [0.1, 0.15) is 18.6 Å². The van der Waals surface area contributed by atoms with Crippen LogP contribution < -0.4 is 4.74 Å². The second-order valence-electron chi connectivity index (χ2n) is 4.34. The lowest BCUT2D eigenvalue weighted by Gasteiger charge is -2.11. The van der Waals surface area contributed by atoms with Gasteiger partial charge in [-0.05, 0) is 36.8 Å². The Kier molecular flexibility index (Phi) is 4.56. The molecule has 0 bridgehead atoms. The SMILES string of the molecule is CO/N=C(\C(=O)O)c1ccccc1Oc1cccc(C)c1. The molecule has 0 heterocycles. The summed E-state index contributed by atoms with van der Waals surface area (Å²) in [7, 11) is 1.30. The first-order chi connectivity index (χ1) is 10.1. The van der Waals surface area contributed by atoms with Crippen LogP contribution in [-0.4, -0.2) is 23.9 Å². The Bertz CT molecular complexity index is 679. The van der Waals surface area contributed by atoms with Crippen LogP contribution in [0.5, 0.6) is 11.5 Å². The molecule has 21 heavy (non-hydrogen) atoms. The maximum atomic E-state index is 11.3. The molecule has 0 atom stereocenters. The van der Waals surface area contributed by atoms with E-state index in [9.17, 15) is 9.90 Å². The third kappa shape index (κ3) is 3.60. The van der Waals surface area contributed by atoms with E-state index in [2.05, 4.69) is 9.99 Å². The zero-order valence-corrected chi connectivity index (χ0v) is 11.7. The largest absolute Gasteiger partial charge is 0.476 e. The van der Waals surface area contributed by atoms with Crippen LogP contribution in [0.15, 0.2) is 53.7 Å². The number of carbonyl (C=O) groups is 1. The third-order valence-electron chi connectivity index (χ3n) is 2.74. The van der Waals surface area contributed by atoms with Crippen molar-refractivity contribution in [2.75, 3.05) is 7.11 Å². The lowest BCUT2D eigenvalue weighted by molar-refractivity contribution is -0.129. The molecule has 0 fully saturated rings. The predicted molar refractivity (Wildman–Crippen MR) is 78.9 cm³/mol. The highest BCUT2D eigenvalue weighted by Gasteiger charge is 2.18. The monoisotopic (exact) mass is 285 g/mol. The number of rotatable bonds is 5. The van der Waals surface area contributed by atoms with E-state index in [0.29, 0.717) is 17.1 Å². The number of ether oxygens (including phenoxy) is 1. The third-order valence-corrected chi connectivity index (χ3v) is 2.74. The fourth-order valence-electron chi connectivity index (χ4n) is 1.85. The number of nitrogens with zero attached hydrogens (tertiary/aromatic N) is 1. The molecule has 0 aliphatic rings. The van der Waals surface area contributed by atoms with E-state index in [4.69, 9.17) is 4.74 Å². The van der Waals surface area contributed by atoms with Crippen molar-refractivity contribution >= 4 is 11.7 Å². The van der Waals surface area contributed by atoms with E-state index < -0.39 is 5.97 Å². The lowest BCUT2D eigenvalue weighted by atomic mass is 10.1. The van der Waals surface area contributed by atoms with Gasteiger partial charge in [0.15, 0.2) is 5.71 Å². The highest BCUT2D eigenvalue weighted by molar-refractivity contribution is 6.43. The summed E-state index contributed by atoms with van der Waals surface area (Å²) in [4.78, 5) is 15.9. The summed E-state index contributed by atoms with van der Waals surface area (Å²) in [5.74, 6) is -0.150. The maximum absolute atomic E-state index is 11.3. The maximum Gasteiger partial charge on any atom is 0.358 e. The van der Waals surface area contributed by atoms with Gasteiger partial charge in [-0.1, -0.05) is 29.4 Å². The van der Waals surface area contributed by atoms with E-state index in [-0.39, 0.29) is 5.71 Å². The van der Waals surface area contributed by atoms with Crippen LogP contribution in [0.3, 0.4) is 0 Å². The summed E-state index contributed by atoms with van der Waals surface area (Å²) in [5.41, 5.74) is 1.20. The van der Waals surface area contributed by atoms with Crippen LogP contribution in [0.25, 0.3) is 0 Å². The zero-order chi connectivity index (χ0) is 15.2. The zero-order valence-electron chi connectivity index (χ0n) is 11.7. The summed E-state index contributed by atoms with van der Waals surface area (Å²) >= 11 is 0. The van der Waals surface area contributed by atoms with Crippen molar-refractivity contribution in [3.05, 3.63) is 59.7 Å². The minimum absolute atomic E-state index is 0.208. The Hall–Kier alpha value is -2.82. The van der Waals surface area contributed by atoms with Gasteiger partial charge in [0, 0.05) is 0 Å². The molecule has 5 nitrogen and oxygen atoms in total. The van der Waals surface area contributed by atoms with Crippen LogP contribution in [0.4, 0.5) is 0 Å². The van der Waals surface area contributed by atoms with Crippen molar-refractivity contribution in [1.82, 2.24) is 0 Å². The molecule has 0 spiro atoms. The van der Waals surface area contributed by atoms with Crippen molar-refractivity contribution < 1.29 is 19.5 Å². The van der Waals surface area contributed by atoms with Gasteiger partial charge in [-0.25, -0.2) is 4.79 Å². The number of aliphatic carboxylic acids is 1. The van der Waals surface area contributed by atoms with Crippen LogP contribution in [0.2, 0.25) is 0 Å². The molecule has 108 valence electrons. The molecule has 1 N–H and O–H groups in total. The first-order valence-electron chi connectivity index (χ1n) is 6.30. The Morgan fingerprint density at radius 2 is 1.90 bits per heavy atom. The van der Waals surface area contributed by atoms with Gasteiger partial charge in [-0.15, -0.1) is 0 Å². The smallest absolute Gasteiger partial charge is 0.358 e. The number of oxime groups is 1. The predicted octanol–water partition coefficient (Wildman–Crippen LogP) is 3.22. The molecule has 0 aromatic heterocycles. The summed E-state index contributed by atoms with van der Waals surface area (Å²) in [6.45, 7) is 1.95. The second-order valence-corrected chi connectivity index (χ2v) is 4.34. The highest BCUT2D eigenvalue weighted by Crippen LogP contribution is 2.26. The fraction of sp³-hybridized carbons (Fsp3) is 0.125. The molecule has 0 saturated carbocycles. The van der Waals surface area contributed by atoms with Crippen molar-refractivity contribution in [3.63, 3.8) is 0 Å². The normalized spacial score (nSPS) is 11.0. The summed E-state index contributed by atoms with van der Waals surface area (Å²) in [6, 6.07) is 14.3. The summed E-state index contributed by atoms with van der Waals surface area (Å²) in [5, 5.41) is 12.8. The van der Waals surface area contributed by atoms with E-state index in [1.165, 1.54) is 7.11 Å². The Labute approximate surface area is 122 Å². The molecule has 2 aromatic rings. The summed E-state index contributed by atoms with van der Waals surface area (Å²) < 4.78 is 5.77. The highest BCUT2D eigenvalue weighted by atomic mass is 16.6.